The standard InChI is InChI=1S/C26H27Cl2N5O6/c1-13(2)39-25-24-15(7-16(31-25)21-22(27)18(36-3)8-19(37-4)23(21)28)9-29-26(33-24)32-17-11-38-10-14(17)5-6-20(35)30-12-34/h5-9,12-14,17H,10-11H2,1-4H3,(H,29,32,33)(H,30,34,35)/t14-,17+/m0/s1. The number of rotatable bonds is 10. The molecule has 2 amide bonds. The van der Waals surface area contributed by atoms with Crippen LogP contribution in [0.1, 0.15) is 13.8 Å². The molecular weight excluding hydrogens is 549 g/mol. The molecule has 39 heavy (non-hydrogen) atoms. The lowest BCUT2D eigenvalue weighted by Crippen LogP contribution is -2.28. The van der Waals surface area contributed by atoms with Gasteiger partial charge in [0.2, 0.25) is 24.1 Å². The molecule has 2 atom stereocenters. The van der Waals surface area contributed by atoms with E-state index in [4.69, 9.17) is 47.1 Å². The number of carbonyl (C=O) groups excluding carboxylic acids is 2. The number of hydrogen-bond donors (Lipinski definition) is 2. The van der Waals surface area contributed by atoms with Crippen LogP contribution in [0.2, 0.25) is 10.0 Å². The Bertz CT molecular complexity index is 1390. The molecule has 2 N–H and O–H groups in total. The Balaban J connectivity index is 1.73. The zero-order valence-electron chi connectivity index (χ0n) is 21.7. The highest BCUT2D eigenvalue weighted by Crippen LogP contribution is 2.46. The van der Waals surface area contributed by atoms with Crippen molar-refractivity contribution >= 4 is 52.4 Å². The Morgan fingerprint density at radius 1 is 1.13 bits per heavy atom. The van der Waals surface area contributed by atoms with Gasteiger partial charge in [-0.3, -0.25) is 14.9 Å². The fourth-order valence-electron chi connectivity index (χ4n) is 4.02. The Labute approximate surface area is 234 Å². The second kappa shape index (κ2) is 12.5. The number of imide groups is 1. The van der Waals surface area contributed by atoms with E-state index in [1.54, 1.807) is 24.4 Å². The summed E-state index contributed by atoms with van der Waals surface area (Å²) in [5.41, 5.74) is 1.32. The van der Waals surface area contributed by atoms with E-state index < -0.39 is 5.91 Å². The van der Waals surface area contributed by atoms with E-state index in [-0.39, 0.29) is 34.0 Å². The minimum absolute atomic E-state index is 0.138. The van der Waals surface area contributed by atoms with Crippen LogP contribution in [-0.4, -0.2) is 66.8 Å². The Hall–Kier alpha value is -3.67. The quantitative estimate of drug-likeness (QED) is 0.269. The molecule has 0 aliphatic carbocycles. The molecule has 1 fully saturated rings. The van der Waals surface area contributed by atoms with E-state index in [9.17, 15) is 9.59 Å². The molecule has 0 radical (unpaired) electrons. The summed E-state index contributed by atoms with van der Waals surface area (Å²) in [5.74, 6) is 0.702. The van der Waals surface area contributed by atoms with Crippen LogP contribution in [0.3, 0.4) is 0 Å². The minimum Gasteiger partial charge on any atom is -0.495 e. The van der Waals surface area contributed by atoms with E-state index >= 15 is 0 Å². The molecule has 206 valence electrons. The lowest BCUT2D eigenvalue weighted by atomic mass is 10.0. The average Bonchev–Trinajstić information content (AvgIpc) is 3.34. The van der Waals surface area contributed by atoms with Crippen LogP contribution in [0.25, 0.3) is 22.2 Å². The van der Waals surface area contributed by atoms with Crippen molar-refractivity contribution in [3.8, 4) is 28.6 Å². The third kappa shape index (κ3) is 6.32. The van der Waals surface area contributed by atoms with Gasteiger partial charge in [0.25, 0.3) is 0 Å². The molecular formula is C26H27Cl2N5O6. The number of carbonyl (C=O) groups is 2. The smallest absolute Gasteiger partial charge is 0.250 e. The molecule has 0 saturated carbocycles. The van der Waals surface area contributed by atoms with Crippen molar-refractivity contribution < 1.29 is 28.5 Å². The number of amides is 2. The molecule has 0 bridgehead atoms. The van der Waals surface area contributed by atoms with E-state index in [1.807, 2.05) is 13.8 Å². The summed E-state index contributed by atoms with van der Waals surface area (Å²) < 4.78 is 22.4. The van der Waals surface area contributed by atoms with Crippen molar-refractivity contribution in [3.63, 3.8) is 0 Å². The van der Waals surface area contributed by atoms with E-state index in [0.29, 0.717) is 59.2 Å². The fourth-order valence-corrected chi connectivity index (χ4v) is 4.71. The summed E-state index contributed by atoms with van der Waals surface area (Å²) in [4.78, 5) is 35.9. The van der Waals surface area contributed by atoms with Crippen molar-refractivity contribution in [2.75, 3.05) is 32.8 Å². The molecule has 0 unspecified atom stereocenters. The normalized spacial score (nSPS) is 17.0. The van der Waals surface area contributed by atoms with Crippen LogP contribution < -0.4 is 24.8 Å². The van der Waals surface area contributed by atoms with Gasteiger partial charge in [-0.25, -0.2) is 15.0 Å². The average molecular weight is 576 g/mol. The predicted molar refractivity (Wildman–Crippen MR) is 147 cm³/mol. The van der Waals surface area contributed by atoms with Gasteiger partial charge < -0.3 is 24.3 Å². The SMILES string of the molecule is COc1cc(OC)c(Cl)c(-c2cc3cnc(N[C@@H]4COC[C@@H]4C=CC(=O)NC=O)nc3c(OC(C)C)n2)c1Cl. The fraction of sp³-hybridized carbons (Fsp3) is 0.346. The number of pyridine rings is 1. The lowest BCUT2D eigenvalue weighted by Gasteiger charge is -2.18. The number of benzene rings is 1. The molecule has 2 aromatic heterocycles. The highest BCUT2D eigenvalue weighted by atomic mass is 35.5. The minimum atomic E-state index is -0.510. The summed E-state index contributed by atoms with van der Waals surface area (Å²) in [6.45, 7) is 4.53. The molecule has 11 nitrogen and oxygen atoms in total. The first-order valence-corrected chi connectivity index (χ1v) is 12.7. The number of anilines is 1. The first-order valence-electron chi connectivity index (χ1n) is 12.0. The van der Waals surface area contributed by atoms with Gasteiger partial charge in [-0.05, 0) is 26.0 Å². The van der Waals surface area contributed by atoms with Crippen LogP contribution in [0.4, 0.5) is 5.95 Å². The maximum Gasteiger partial charge on any atom is 0.250 e. The second-order valence-corrected chi connectivity index (χ2v) is 9.59. The number of hydrogen-bond acceptors (Lipinski definition) is 10. The maximum absolute atomic E-state index is 11.6. The highest BCUT2D eigenvalue weighted by Gasteiger charge is 2.28. The Morgan fingerprint density at radius 3 is 2.49 bits per heavy atom. The van der Waals surface area contributed by atoms with Gasteiger partial charge in [0.1, 0.15) is 17.0 Å². The number of methoxy groups -OCH3 is 2. The van der Waals surface area contributed by atoms with Gasteiger partial charge in [-0.2, -0.15) is 0 Å². The van der Waals surface area contributed by atoms with Crippen LogP contribution in [0.5, 0.6) is 17.4 Å². The molecule has 0 spiro atoms. The first-order chi connectivity index (χ1) is 18.7. The molecule has 1 saturated heterocycles. The Morgan fingerprint density at radius 2 is 1.85 bits per heavy atom. The van der Waals surface area contributed by atoms with Crippen LogP contribution in [0, 0.1) is 5.92 Å². The zero-order valence-corrected chi connectivity index (χ0v) is 23.2. The molecule has 1 aromatic carbocycles. The van der Waals surface area contributed by atoms with Gasteiger partial charge >= 0.3 is 0 Å². The third-order valence-electron chi connectivity index (χ3n) is 5.85. The summed E-state index contributed by atoms with van der Waals surface area (Å²) in [5, 5.41) is 6.50. The van der Waals surface area contributed by atoms with Crippen LogP contribution in [0.15, 0.2) is 30.5 Å². The van der Waals surface area contributed by atoms with Crippen molar-refractivity contribution in [2.24, 2.45) is 5.92 Å². The third-order valence-corrected chi connectivity index (χ3v) is 6.60. The summed E-state index contributed by atoms with van der Waals surface area (Å²) >= 11 is 13.3. The molecule has 3 heterocycles. The molecule has 1 aliphatic rings. The van der Waals surface area contributed by atoms with E-state index in [1.165, 1.54) is 20.3 Å². The van der Waals surface area contributed by atoms with Crippen molar-refractivity contribution in [1.82, 2.24) is 20.3 Å². The number of nitrogens with one attached hydrogen (secondary N) is 2. The molecule has 4 rings (SSSR count). The predicted octanol–water partition coefficient (Wildman–Crippen LogP) is 4.06. The number of aromatic nitrogens is 3. The van der Waals surface area contributed by atoms with Gasteiger partial charge in [-0.15, -0.1) is 0 Å². The lowest BCUT2D eigenvalue weighted by molar-refractivity contribution is -0.121. The summed E-state index contributed by atoms with van der Waals surface area (Å²) in [6, 6.07) is 3.16. The van der Waals surface area contributed by atoms with Crippen LogP contribution in [-0.2, 0) is 14.3 Å². The van der Waals surface area contributed by atoms with Crippen LogP contribution >= 0.6 is 23.2 Å². The largest absolute Gasteiger partial charge is 0.495 e. The van der Waals surface area contributed by atoms with Crippen molar-refractivity contribution in [1.29, 1.82) is 0 Å². The highest BCUT2D eigenvalue weighted by molar-refractivity contribution is 6.41. The number of halogens is 2. The van der Waals surface area contributed by atoms with E-state index in [0.717, 1.165) is 0 Å². The van der Waals surface area contributed by atoms with Crippen molar-refractivity contribution in [2.45, 2.75) is 26.0 Å². The molecule has 1 aliphatic heterocycles. The summed E-state index contributed by atoms with van der Waals surface area (Å²) in [6.07, 6.45) is 4.75. The number of fused-ring (bicyclic) bond motifs is 1. The second-order valence-electron chi connectivity index (χ2n) is 8.83. The molecule has 13 heteroatoms. The summed E-state index contributed by atoms with van der Waals surface area (Å²) in [7, 11) is 3.00. The van der Waals surface area contributed by atoms with Gasteiger partial charge in [0.15, 0.2) is 0 Å². The first kappa shape index (κ1) is 28.3. The number of nitrogens with zero attached hydrogens (tertiary/aromatic N) is 3. The van der Waals surface area contributed by atoms with Crippen molar-refractivity contribution in [3.05, 3.63) is 40.5 Å². The van der Waals surface area contributed by atoms with Gasteiger partial charge in [0, 0.05) is 29.1 Å². The van der Waals surface area contributed by atoms with Gasteiger partial charge in [0.05, 0.1) is 55.3 Å². The molecule has 3 aromatic rings. The monoisotopic (exact) mass is 575 g/mol. The topological polar surface area (TPSA) is 134 Å². The van der Waals surface area contributed by atoms with E-state index in [2.05, 4.69) is 20.6 Å². The Kier molecular flexibility index (Phi) is 9.05. The zero-order chi connectivity index (χ0) is 28.1. The van der Waals surface area contributed by atoms with Gasteiger partial charge in [-0.1, -0.05) is 29.3 Å². The maximum atomic E-state index is 11.6. The number of ether oxygens (including phenoxy) is 4.